The van der Waals surface area contributed by atoms with Gasteiger partial charge in [0.1, 0.15) is 0 Å². The molecule has 0 saturated carbocycles. The largest absolute Gasteiger partial charge is 0.394 e. The molecule has 0 aliphatic rings. The Morgan fingerprint density at radius 2 is 0.435 bits per heavy atom. The molecule has 0 radical (unpaired) electrons. The van der Waals surface area contributed by atoms with Crippen LogP contribution in [-0.2, 0) is 36.0 Å². The van der Waals surface area contributed by atoms with E-state index in [1.54, 1.807) is 0 Å². The summed E-state index contributed by atoms with van der Waals surface area (Å²) < 4.78 is 59.2. The molecule has 238 valence electrons. The Morgan fingerprint density at radius 3 is 0.543 bits per heavy atom. The van der Waals surface area contributed by atoms with E-state index in [4.69, 9.17) is 17.5 Å². The van der Waals surface area contributed by atoms with E-state index < -0.39 is 24.7 Å². The average molecular weight is 713 g/mol. The van der Waals surface area contributed by atoms with E-state index in [1.165, 1.54) is 0 Å². The van der Waals surface area contributed by atoms with Gasteiger partial charge in [-0.05, 0) is 0 Å². The first-order valence-electron chi connectivity index (χ1n) is 13.9. The van der Waals surface area contributed by atoms with Crippen LogP contribution in [0.15, 0.2) is 182 Å². The summed E-state index contributed by atoms with van der Waals surface area (Å²) in [5.74, 6) is 0. The van der Waals surface area contributed by atoms with Crippen LogP contribution in [-0.4, -0.2) is 17.5 Å². The predicted octanol–water partition coefficient (Wildman–Crippen LogP) is 6.00. The van der Waals surface area contributed by atoms with Crippen molar-refractivity contribution in [3.8, 4) is 0 Å². The molecule has 46 heavy (non-hydrogen) atoms. The van der Waals surface area contributed by atoms with Crippen LogP contribution in [0.25, 0.3) is 0 Å². The van der Waals surface area contributed by atoms with Gasteiger partial charge in [0, 0.05) is 48.3 Å². The van der Waals surface area contributed by atoms with Crippen molar-refractivity contribution in [1.82, 2.24) is 0 Å². The van der Waals surface area contributed by atoms with Gasteiger partial charge in [-0.3, -0.25) is 9.11 Å². The second-order valence-corrected chi connectivity index (χ2v) is 16.1. The molecule has 10 heteroatoms. The molecule has 0 aromatic heterocycles. The molecule has 2 N–H and O–H groups in total. The molecule has 0 unspecified atom stereocenters. The molecule has 0 bridgehead atoms. The number of hydrogen-bond acceptors (Lipinski definition) is 4. The van der Waals surface area contributed by atoms with E-state index in [0.29, 0.717) is 0 Å². The van der Waals surface area contributed by atoms with E-state index in [-0.39, 0.29) is 16.5 Å². The summed E-state index contributed by atoms with van der Waals surface area (Å²) in [4.78, 5) is 0. The summed E-state index contributed by atoms with van der Waals surface area (Å²) >= 11 is 0. The van der Waals surface area contributed by atoms with Crippen molar-refractivity contribution in [2.45, 2.75) is 0 Å². The first-order chi connectivity index (χ1) is 21.6. The summed E-state index contributed by atoms with van der Waals surface area (Å²) in [6.07, 6.45) is 0. The van der Waals surface area contributed by atoms with Crippen LogP contribution in [0.3, 0.4) is 0 Å². The zero-order valence-electron chi connectivity index (χ0n) is 24.5. The zero-order chi connectivity index (χ0) is 32.2. The Balaban J connectivity index is 0.000000215. The minimum atomic E-state index is -4.67. The fourth-order valence-corrected chi connectivity index (χ4v) is 10.1. The van der Waals surface area contributed by atoms with E-state index in [0.717, 1.165) is 31.8 Å². The Hall–Kier alpha value is -3.86. The van der Waals surface area contributed by atoms with Crippen molar-refractivity contribution < 1.29 is 43.1 Å². The molecule has 0 aliphatic heterocycles. The summed E-state index contributed by atoms with van der Waals surface area (Å²) in [5.41, 5.74) is 0. The zero-order valence-corrected chi connectivity index (χ0v) is 28.1. The van der Waals surface area contributed by atoms with Crippen molar-refractivity contribution in [2.24, 2.45) is 0 Å². The molecule has 0 amide bonds. The van der Waals surface area contributed by atoms with Gasteiger partial charge in [0.25, 0.3) is 0 Å². The Bertz CT molecular complexity index is 1620. The first-order valence-corrected chi connectivity index (χ1v) is 18.7. The molecule has 0 atom stereocenters. The van der Waals surface area contributed by atoms with Crippen LogP contribution in [0.4, 0.5) is 0 Å². The van der Waals surface area contributed by atoms with E-state index >= 15 is 0 Å². The van der Waals surface area contributed by atoms with Crippen molar-refractivity contribution in [1.29, 1.82) is 0 Å². The van der Waals surface area contributed by atoms with Crippen LogP contribution < -0.4 is 31.8 Å². The van der Waals surface area contributed by atoms with E-state index in [9.17, 15) is 9.13 Å². The molecule has 6 aromatic rings. The predicted molar refractivity (Wildman–Crippen MR) is 186 cm³/mol. The van der Waals surface area contributed by atoms with Gasteiger partial charge in [0.2, 0.25) is 0 Å². The normalized spacial score (nSPS) is 11.0. The molecule has 0 fully saturated rings. The third kappa shape index (κ3) is 9.58. The SMILES string of the molecule is O=P(c1ccccc1)(c1ccccc1)c1ccccc1.O=P(c1ccccc1)(c1ccccc1)c1ccccc1.O=S(=O)(O)O.[Ni]. The fraction of sp³-hybridized carbons (Fsp3) is 0. The maximum absolute atomic E-state index is 13.8. The fourth-order valence-electron chi connectivity index (χ4n) is 4.72. The Kier molecular flexibility index (Phi) is 13.7. The third-order valence-electron chi connectivity index (χ3n) is 6.72. The van der Waals surface area contributed by atoms with Crippen molar-refractivity contribution in [3.05, 3.63) is 182 Å². The monoisotopic (exact) mass is 712 g/mol. The van der Waals surface area contributed by atoms with Gasteiger partial charge in [-0.25, -0.2) is 0 Å². The summed E-state index contributed by atoms with van der Waals surface area (Å²) in [6.45, 7) is 0. The molecule has 0 aliphatic carbocycles. The van der Waals surface area contributed by atoms with E-state index in [2.05, 4.69) is 0 Å². The van der Waals surface area contributed by atoms with Crippen LogP contribution in [0, 0.1) is 0 Å². The van der Waals surface area contributed by atoms with Crippen molar-refractivity contribution >= 4 is 56.5 Å². The number of rotatable bonds is 6. The Morgan fingerprint density at radius 1 is 0.326 bits per heavy atom. The Labute approximate surface area is 280 Å². The van der Waals surface area contributed by atoms with Crippen LogP contribution >= 0.6 is 14.3 Å². The minimum absolute atomic E-state index is 0. The molecule has 6 nitrogen and oxygen atoms in total. The topological polar surface area (TPSA) is 109 Å². The van der Waals surface area contributed by atoms with E-state index in [1.807, 2.05) is 182 Å². The molecule has 6 rings (SSSR count). The summed E-state index contributed by atoms with van der Waals surface area (Å²) in [6, 6.07) is 58.3. The molecule has 6 aromatic carbocycles. The summed E-state index contributed by atoms with van der Waals surface area (Å²) in [5, 5.41) is 5.24. The number of hydrogen-bond donors (Lipinski definition) is 2. The van der Waals surface area contributed by atoms with Gasteiger partial charge in [-0.15, -0.1) is 0 Å². The van der Waals surface area contributed by atoms with Gasteiger partial charge in [0.05, 0.1) is 0 Å². The quantitative estimate of drug-likeness (QED) is 0.125. The second kappa shape index (κ2) is 17.2. The molecular weight excluding hydrogens is 681 g/mol. The molecule has 0 spiro atoms. The van der Waals surface area contributed by atoms with Crippen molar-refractivity contribution in [3.63, 3.8) is 0 Å². The maximum atomic E-state index is 13.8. The standard InChI is InChI=1S/2C18H15OP.Ni.H2O4S/c2*19-20(16-10-4-1-5-11-16,17-12-6-2-7-13-17)18-14-8-3-9-15-18;;1-5(2,3)4/h2*1-15H;;(H2,1,2,3,4). The second-order valence-electron chi connectivity index (χ2n) is 9.68. The van der Waals surface area contributed by atoms with Crippen LogP contribution in [0.1, 0.15) is 0 Å². The van der Waals surface area contributed by atoms with Crippen molar-refractivity contribution in [2.75, 3.05) is 0 Å². The third-order valence-corrected chi connectivity index (χ3v) is 12.9. The minimum Gasteiger partial charge on any atom is -0.309 e. The van der Waals surface area contributed by atoms with Gasteiger partial charge >= 0.3 is 10.4 Å². The first kappa shape index (κ1) is 36.6. The van der Waals surface area contributed by atoms with Crippen LogP contribution in [0.5, 0.6) is 0 Å². The van der Waals surface area contributed by atoms with Gasteiger partial charge in [-0.2, -0.15) is 8.42 Å². The number of benzene rings is 6. The molecule has 0 saturated heterocycles. The smallest absolute Gasteiger partial charge is 0.309 e. The van der Waals surface area contributed by atoms with Gasteiger partial charge in [0.15, 0.2) is 14.3 Å². The molecule has 0 heterocycles. The average Bonchev–Trinajstić information content (AvgIpc) is 3.09. The maximum Gasteiger partial charge on any atom is 0.394 e. The van der Waals surface area contributed by atoms with Gasteiger partial charge < -0.3 is 9.13 Å². The van der Waals surface area contributed by atoms with Gasteiger partial charge in [-0.1, -0.05) is 182 Å². The summed E-state index contributed by atoms with van der Waals surface area (Å²) in [7, 11) is -10.2. The molecular formula is C36H32NiO6P2S. The van der Waals surface area contributed by atoms with Crippen LogP contribution in [0.2, 0.25) is 0 Å².